The van der Waals surface area contributed by atoms with Gasteiger partial charge in [0.05, 0.1) is 11.0 Å². The summed E-state index contributed by atoms with van der Waals surface area (Å²) < 4.78 is 15.6. The van der Waals surface area contributed by atoms with E-state index in [1.165, 1.54) is 12.1 Å². The van der Waals surface area contributed by atoms with Crippen LogP contribution >= 0.6 is 23.8 Å². The van der Waals surface area contributed by atoms with E-state index in [-0.39, 0.29) is 5.82 Å². The summed E-state index contributed by atoms with van der Waals surface area (Å²) in [4.78, 5) is 3.05. The highest BCUT2D eigenvalue weighted by atomic mass is 35.5. The minimum atomic E-state index is -0.292. The van der Waals surface area contributed by atoms with Crippen molar-refractivity contribution in [1.82, 2.24) is 9.55 Å². The van der Waals surface area contributed by atoms with Crippen LogP contribution in [0.15, 0.2) is 42.5 Å². The number of hydrogen-bond acceptors (Lipinski definition) is 1. The van der Waals surface area contributed by atoms with Gasteiger partial charge in [-0.2, -0.15) is 0 Å². The summed E-state index contributed by atoms with van der Waals surface area (Å²) in [6.45, 7) is 0. The van der Waals surface area contributed by atoms with Crippen LogP contribution in [0, 0.1) is 10.6 Å². The molecule has 5 heteroatoms. The number of fused-ring (bicyclic) bond motifs is 1. The smallest absolute Gasteiger partial charge is 0.182 e. The van der Waals surface area contributed by atoms with E-state index in [9.17, 15) is 4.39 Å². The molecule has 0 amide bonds. The van der Waals surface area contributed by atoms with Crippen LogP contribution in [0.5, 0.6) is 0 Å². The van der Waals surface area contributed by atoms with Crippen molar-refractivity contribution in [2.24, 2.45) is 0 Å². The molecule has 0 aliphatic carbocycles. The third-order valence-corrected chi connectivity index (χ3v) is 3.27. The predicted molar refractivity (Wildman–Crippen MR) is 73.4 cm³/mol. The van der Waals surface area contributed by atoms with Gasteiger partial charge in [0, 0.05) is 16.8 Å². The summed E-state index contributed by atoms with van der Waals surface area (Å²) in [6.07, 6.45) is 0. The van der Waals surface area contributed by atoms with E-state index in [4.69, 9.17) is 23.8 Å². The van der Waals surface area contributed by atoms with Crippen molar-refractivity contribution in [3.8, 4) is 5.69 Å². The summed E-state index contributed by atoms with van der Waals surface area (Å²) in [5.74, 6) is -0.292. The molecule has 18 heavy (non-hydrogen) atoms. The minimum absolute atomic E-state index is 0.292. The van der Waals surface area contributed by atoms with Crippen LogP contribution in [0.3, 0.4) is 0 Å². The first-order valence-electron chi connectivity index (χ1n) is 5.31. The topological polar surface area (TPSA) is 20.7 Å². The zero-order valence-corrected chi connectivity index (χ0v) is 10.7. The SMILES string of the molecule is Fc1ccc2[nH]c(=S)n(-c3ccc(Cl)cc3)c2c1. The number of H-pyrrole nitrogens is 1. The predicted octanol–water partition coefficient (Wildman–Crippen LogP) is 4.48. The van der Waals surface area contributed by atoms with Crippen LogP contribution in [-0.2, 0) is 0 Å². The maximum absolute atomic E-state index is 13.3. The Balaban J connectivity index is 2.34. The molecule has 0 bridgehead atoms. The van der Waals surface area contributed by atoms with Crippen molar-refractivity contribution >= 4 is 34.9 Å². The normalized spacial score (nSPS) is 11.0. The van der Waals surface area contributed by atoms with Crippen LogP contribution < -0.4 is 0 Å². The lowest BCUT2D eigenvalue weighted by atomic mass is 10.2. The number of hydrogen-bond donors (Lipinski definition) is 1. The van der Waals surface area contributed by atoms with E-state index < -0.39 is 0 Å². The first kappa shape index (κ1) is 11.4. The molecule has 1 N–H and O–H groups in total. The van der Waals surface area contributed by atoms with Gasteiger partial charge in [-0.25, -0.2) is 4.39 Å². The Kier molecular flexibility index (Phi) is 2.69. The number of rotatable bonds is 1. The Morgan fingerprint density at radius 3 is 2.56 bits per heavy atom. The number of aromatic nitrogens is 2. The molecular formula is C13H8ClFN2S. The number of imidazole rings is 1. The van der Waals surface area contributed by atoms with E-state index in [1.807, 2.05) is 12.1 Å². The van der Waals surface area contributed by atoms with E-state index >= 15 is 0 Å². The van der Waals surface area contributed by atoms with E-state index in [1.54, 1.807) is 22.8 Å². The Bertz CT molecular complexity index is 774. The van der Waals surface area contributed by atoms with Crippen molar-refractivity contribution in [2.75, 3.05) is 0 Å². The molecule has 0 radical (unpaired) electrons. The van der Waals surface area contributed by atoms with Crippen LogP contribution in [0.4, 0.5) is 4.39 Å². The summed E-state index contributed by atoms with van der Waals surface area (Å²) in [7, 11) is 0. The van der Waals surface area contributed by atoms with Gasteiger partial charge in [0.15, 0.2) is 4.77 Å². The molecule has 3 rings (SSSR count). The maximum Gasteiger partial charge on any atom is 0.182 e. The highest BCUT2D eigenvalue weighted by Gasteiger charge is 2.07. The lowest BCUT2D eigenvalue weighted by Crippen LogP contribution is -1.93. The molecule has 0 aliphatic rings. The van der Waals surface area contributed by atoms with Crippen molar-refractivity contribution in [2.45, 2.75) is 0 Å². The largest absolute Gasteiger partial charge is 0.330 e. The van der Waals surface area contributed by atoms with Crippen LogP contribution in [0.25, 0.3) is 16.7 Å². The van der Waals surface area contributed by atoms with Gasteiger partial charge < -0.3 is 4.98 Å². The van der Waals surface area contributed by atoms with E-state index in [0.717, 1.165) is 11.2 Å². The Hall–Kier alpha value is -1.65. The van der Waals surface area contributed by atoms with Gasteiger partial charge in [-0.05, 0) is 48.6 Å². The van der Waals surface area contributed by atoms with E-state index in [0.29, 0.717) is 15.3 Å². The zero-order valence-electron chi connectivity index (χ0n) is 9.15. The van der Waals surface area contributed by atoms with Crippen LogP contribution in [-0.4, -0.2) is 9.55 Å². The molecule has 0 atom stereocenters. The third-order valence-electron chi connectivity index (χ3n) is 2.73. The average molecular weight is 279 g/mol. The molecular weight excluding hydrogens is 271 g/mol. The monoisotopic (exact) mass is 278 g/mol. The number of aromatic amines is 1. The van der Waals surface area contributed by atoms with Gasteiger partial charge in [-0.1, -0.05) is 11.6 Å². The van der Waals surface area contributed by atoms with Crippen molar-refractivity contribution in [3.63, 3.8) is 0 Å². The molecule has 0 fully saturated rings. The van der Waals surface area contributed by atoms with Crippen LogP contribution in [0.2, 0.25) is 5.02 Å². The molecule has 0 unspecified atom stereocenters. The van der Waals surface area contributed by atoms with Gasteiger partial charge in [-0.15, -0.1) is 0 Å². The van der Waals surface area contributed by atoms with Crippen molar-refractivity contribution in [3.05, 3.63) is 58.1 Å². The standard InChI is InChI=1S/C13H8ClFN2S/c14-8-1-4-10(5-2-8)17-12-7-9(15)3-6-11(12)16-13(17)18/h1-7H,(H,16,18). The summed E-state index contributed by atoms with van der Waals surface area (Å²) in [5.41, 5.74) is 2.36. The van der Waals surface area contributed by atoms with Crippen molar-refractivity contribution in [1.29, 1.82) is 0 Å². The van der Waals surface area contributed by atoms with Crippen molar-refractivity contribution < 1.29 is 4.39 Å². The van der Waals surface area contributed by atoms with Gasteiger partial charge in [0.25, 0.3) is 0 Å². The van der Waals surface area contributed by atoms with Gasteiger partial charge in [0.1, 0.15) is 5.82 Å². The number of nitrogens with zero attached hydrogens (tertiary/aromatic N) is 1. The first-order chi connectivity index (χ1) is 8.65. The van der Waals surface area contributed by atoms with Gasteiger partial charge >= 0.3 is 0 Å². The van der Waals surface area contributed by atoms with Gasteiger partial charge in [-0.3, -0.25) is 4.57 Å². The highest BCUT2D eigenvalue weighted by molar-refractivity contribution is 7.71. The molecule has 1 heterocycles. The average Bonchev–Trinajstić information content (AvgIpc) is 2.66. The summed E-state index contributed by atoms with van der Waals surface area (Å²) in [5, 5.41) is 0.649. The highest BCUT2D eigenvalue weighted by Crippen LogP contribution is 2.21. The molecule has 2 nitrogen and oxygen atoms in total. The summed E-state index contributed by atoms with van der Waals surface area (Å²) in [6, 6.07) is 11.8. The lowest BCUT2D eigenvalue weighted by Gasteiger charge is -2.04. The van der Waals surface area contributed by atoms with Crippen LogP contribution in [0.1, 0.15) is 0 Å². The number of halogens is 2. The molecule has 0 spiro atoms. The Labute approximate surface area is 113 Å². The molecule has 90 valence electrons. The second-order valence-corrected chi connectivity index (χ2v) is 4.73. The van der Waals surface area contributed by atoms with E-state index in [2.05, 4.69) is 4.98 Å². The number of benzene rings is 2. The second kappa shape index (κ2) is 4.23. The van der Waals surface area contributed by atoms with Gasteiger partial charge in [0.2, 0.25) is 0 Å². The molecule has 3 aromatic rings. The molecule has 0 aliphatic heterocycles. The fraction of sp³-hybridized carbons (Fsp3) is 0. The molecule has 0 saturated carbocycles. The summed E-state index contributed by atoms with van der Waals surface area (Å²) >= 11 is 11.1. The fourth-order valence-corrected chi connectivity index (χ4v) is 2.36. The molecule has 0 saturated heterocycles. The Morgan fingerprint density at radius 1 is 1.11 bits per heavy atom. The first-order valence-corrected chi connectivity index (χ1v) is 6.10. The molecule has 2 aromatic carbocycles. The zero-order chi connectivity index (χ0) is 12.7. The Morgan fingerprint density at radius 2 is 1.83 bits per heavy atom. The fourth-order valence-electron chi connectivity index (χ4n) is 1.92. The minimum Gasteiger partial charge on any atom is -0.330 e. The third kappa shape index (κ3) is 1.83. The maximum atomic E-state index is 13.3. The number of nitrogens with one attached hydrogen (secondary N) is 1. The molecule has 1 aromatic heterocycles. The second-order valence-electron chi connectivity index (χ2n) is 3.90. The quantitative estimate of drug-likeness (QED) is 0.651. The lowest BCUT2D eigenvalue weighted by molar-refractivity contribution is 0.629.